The van der Waals surface area contributed by atoms with E-state index in [1.165, 1.54) is 18.2 Å². The molecule has 1 rings (SSSR count). The van der Waals surface area contributed by atoms with Crippen LogP contribution >= 0.6 is 0 Å². The molecule has 1 aromatic rings. The molecule has 1 aromatic carbocycles. The number of carbonyl (C=O) groups excluding carboxylic acids is 1. The molecule has 0 fully saturated rings. The van der Waals surface area contributed by atoms with Crippen LogP contribution in [0, 0.1) is 5.82 Å². The van der Waals surface area contributed by atoms with E-state index in [0.717, 1.165) is 25.8 Å². The lowest BCUT2D eigenvalue weighted by Gasteiger charge is -2.16. The maximum atomic E-state index is 13.0. The van der Waals surface area contributed by atoms with E-state index in [0.29, 0.717) is 6.61 Å². The van der Waals surface area contributed by atoms with Gasteiger partial charge in [0.1, 0.15) is 12.4 Å². The number of carbonyl (C=O) groups is 1. The lowest BCUT2D eigenvalue weighted by molar-refractivity contribution is 0.0462. The van der Waals surface area contributed by atoms with Crippen LogP contribution in [0.3, 0.4) is 0 Å². The van der Waals surface area contributed by atoms with Gasteiger partial charge in [0.15, 0.2) is 0 Å². The van der Waals surface area contributed by atoms with Gasteiger partial charge in [-0.05, 0) is 37.6 Å². The number of rotatable bonds is 8. The summed E-state index contributed by atoms with van der Waals surface area (Å²) in [6.07, 6.45) is 3.13. The molecule has 0 amide bonds. The zero-order valence-corrected chi connectivity index (χ0v) is 11.6. The third kappa shape index (κ3) is 5.83. The van der Waals surface area contributed by atoms with Crippen molar-refractivity contribution in [1.82, 2.24) is 5.32 Å². The molecule has 3 nitrogen and oxygen atoms in total. The third-order valence-corrected chi connectivity index (χ3v) is 2.93. The van der Waals surface area contributed by atoms with E-state index < -0.39 is 11.8 Å². The Labute approximate surface area is 114 Å². The van der Waals surface area contributed by atoms with Crippen molar-refractivity contribution in [1.29, 1.82) is 0 Å². The minimum atomic E-state index is -0.477. The summed E-state index contributed by atoms with van der Waals surface area (Å²) < 4.78 is 18.2. The minimum absolute atomic E-state index is 0.157. The van der Waals surface area contributed by atoms with Crippen LogP contribution in [0.2, 0.25) is 0 Å². The van der Waals surface area contributed by atoms with Crippen molar-refractivity contribution in [2.24, 2.45) is 0 Å². The first-order chi connectivity index (χ1) is 9.17. The number of hydrogen-bond acceptors (Lipinski definition) is 3. The van der Waals surface area contributed by atoms with Gasteiger partial charge in [0.05, 0.1) is 5.56 Å². The monoisotopic (exact) mass is 267 g/mol. The Bertz CT molecular complexity index is 395. The quantitative estimate of drug-likeness (QED) is 0.581. The van der Waals surface area contributed by atoms with Crippen LogP contribution < -0.4 is 5.32 Å². The summed E-state index contributed by atoms with van der Waals surface area (Å²) in [4.78, 5) is 11.7. The number of unbranched alkanes of at least 4 members (excludes halogenated alkanes) is 1. The van der Waals surface area contributed by atoms with E-state index in [4.69, 9.17) is 4.74 Å². The minimum Gasteiger partial charge on any atom is -0.460 e. The first-order valence-corrected chi connectivity index (χ1v) is 6.83. The van der Waals surface area contributed by atoms with Crippen molar-refractivity contribution in [3.05, 3.63) is 35.6 Å². The largest absolute Gasteiger partial charge is 0.460 e. The van der Waals surface area contributed by atoms with Crippen molar-refractivity contribution in [2.45, 2.75) is 39.2 Å². The maximum Gasteiger partial charge on any atom is 0.338 e. The average molecular weight is 267 g/mol. The van der Waals surface area contributed by atoms with E-state index in [-0.39, 0.29) is 11.6 Å². The molecular formula is C15H22FNO2. The van der Waals surface area contributed by atoms with Gasteiger partial charge in [0.25, 0.3) is 0 Å². The highest BCUT2D eigenvalue weighted by Crippen LogP contribution is 2.06. The molecule has 0 aromatic heterocycles. The summed E-state index contributed by atoms with van der Waals surface area (Å²) in [7, 11) is 0. The van der Waals surface area contributed by atoms with Crippen LogP contribution in [-0.4, -0.2) is 25.2 Å². The van der Waals surface area contributed by atoms with Crippen molar-refractivity contribution in [3.8, 4) is 0 Å². The van der Waals surface area contributed by atoms with Crippen LogP contribution in [0.1, 0.15) is 43.5 Å². The highest BCUT2D eigenvalue weighted by molar-refractivity contribution is 5.89. The molecule has 0 saturated carbocycles. The fourth-order valence-corrected chi connectivity index (χ4v) is 1.68. The topological polar surface area (TPSA) is 38.3 Å². The predicted octanol–water partition coefficient (Wildman–Crippen LogP) is 3.15. The second kappa shape index (κ2) is 8.64. The molecule has 0 spiro atoms. The molecule has 0 aliphatic carbocycles. The third-order valence-electron chi connectivity index (χ3n) is 2.93. The number of ether oxygens (including phenoxy) is 1. The number of benzene rings is 1. The standard InChI is InChI=1S/C15H22FNO2/c1-3-5-9-17-14(4-2)11-19-15(18)12-7-6-8-13(16)10-12/h6-8,10,14,17H,3-5,9,11H2,1-2H3. The Morgan fingerprint density at radius 3 is 2.84 bits per heavy atom. The van der Waals surface area contributed by atoms with Crippen LogP contribution in [0.4, 0.5) is 4.39 Å². The summed E-state index contributed by atoms with van der Waals surface area (Å²) in [6, 6.07) is 5.70. The molecule has 0 heterocycles. The number of nitrogens with one attached hydrogen (secondary N) is 1. The smallest absolute Gasteiger partial charge is 0.338 e. The van der Waals surface area contributed by atoms with Gasteiger partial charge < -0.3 is 10.1 Å². The Morgan fingerprint density at radius 1 is 1.42 bits per heavy atom. The summed E-state index contributed by atoms with van der Waals surface area (Å²) in [6.45, 7) is 5.41. The molecule has 1 unspecified atom stereocenters. The number of hydrogen-bond donors (Lipinski definition) is 1. The summed E-state index contributed by atoms with van der Waals surface area (Å²) >= 11 is 0. The fourth-order valence-electron chi connectivity index (χ4n) is 1.68. The lowest BCUT2D eigenvalue weighted by Crippen LogP contribution is -2.34. The van der Waals surface area contributed by atoms with E-state index in [1.54, 1.807) is 6.07 Å². The SMILES string of the molecule is CCCCNC(CC)COC(=O)c1cccc(F)c1. The van der Waals surface area contributed by atoms with Gasteiger partial charge in [0, 0.05) is 6.04 Å². The Balaban J connectivity index is 2.39. The Morgan fingerprint density at radius 2 is 2.21 bits per heavy atom. The molecule has 1 atom stereocenters. The van der Waals surface area contributed by atoms with Gasteiger partial charge in [-0.15, -0.1) is 0 Å². The lowest BCUT2D eigenvalue weighted by atomic mass is 10.2. The van der Waals surface area contributed by atoms with E-state index in [1.807, 2.05) is 6.92 Å². The Kier molecular flexibility index (Phi) is 7.11. The molecule has 4 heteroatoms. The van der Waals surface area contributed by atoms with Crippen molar-refractivity contribution < 1.29 is 13.9 Å². The number of esters is 1. The molecule has 0 bridgehead atoms. The van der Waals surface area contributed by atoms with Gasteiger partial charge in [-0.3, -0.25) is 0 Å². The highest BCUT2D eigenvalue weighted by Gasteiger charge is 2.11. The van der Waals surface area contributed by atoms with Gasteiger partial charge in [0.2, 0.25) is 0 Å². The first kappa shape index (κ1) is 15.6. The van der Waals surface area contributed by atoms with Crippen LogP contribution in [0.5, 0.6) is 0 Å². The molecule has 1 N–H and O–H groups in total. The summed E-state index contributed by atoms with van der Waals surface area (Å²) in [5.74, 6) is -0.905. The zero-order chi connectivity index (χ0) is 14.1. The van der Waals surface area contributed by atoms with Crippen molar-refractivity contribution in [3.63, 3.8) is 0 Å². The average Bonchev–Trinajstić information content (AvgIpc) is 2.42. The molecule has 19 heavy (non-hydrogen) atoms. The highest BCUT2D eigenvalue weighted by atomic mass is 19.1. The van der Waals surface area contributed by atoms with E-state index >= 15 is 0 Å². The fraction of sp³-hybridized carbons (Fsp3) is 0.533. The van der Waals surface area contributed by atoms with Crippen LogP contribution in [0.25, 0.3) is 0 Å². The van der Waals surface area contributed by atoms with Crippen molar-refractivity contribution in [2.75, 3.05) is 13.2 Å². The molecule has 0 saturated heterocycles. The summed E-state index contributed by atoms with van der Waals surface area (Å²) in [5, 5.41) is 3.34. The summed E-state index contributed by atoms with van der Waals surface area (Å²) in [5.41, 5.74) is 0.253. The van der Waals surface area contributed by atoms with E-state index in [9.17, 15) is 9.18 Å². The van der Waals surface area contributed by atoms with Crippen LogP contribution in [-0.2, 0) is 4.74 Å². The van der Waals surface area contributed by atoms with Crippen molar-refractivity contribution >= 4 is 5.97 Å². The molecule has 0 radical (unpaired) electrons. The van der Waals surface area contributed by atoms with Gasteiger partial charge in [-0.2, -0.15) is 0 Å². The van der Waals surface area contributed by atoms with E-state index in [2.05, 4.69) is 12.2 Å². The second-order valence-corrected chi connectivity index (χ2v) is 4.52. The zero-order valence-electron chi connectivity index (χ0n) is 11.6. The number of halogens is 1. The normalized spacial score (nSPS) is 12.2. The molecule has 106 valence electrons. The predicted molar refractivity (Wildman–Crippen MR) is 73.7 cm³/mol. The molecule has 0 aliphatic heterocycles. The first-order valence-electron chi connectivity index (χ1n) is 6.83. The second-order valence-electron chi connectivity index (χ2n) is 4.52. The maximum absolute atomic E-state index is 13.0. The molecular weight excluding hydrogens is 245 g/mol. The van der Waals surface area contributed by atoms with Gasteiger partial charge >= 0.3 is 5.97 Å². The molecule has 0 aliphatic rings. The van der Waals surface area contributed by atoms with Gasteiger partial charge in [-0.25, -0.2) is 9.18 Å². The van der Waals surface area contributed by atoms with Crippen LogP contribution in [0.15, 0.2) is 24.3 Å². The Hall–Kier alpha value is -1.42. The van der Waals surface area contributed by atoms with Gasteiger partial charge in [-0.1, -0.05) is 26.3 Å².